The third kappa shape index (κ3) is 1.43. The van der Waals surface area contributed by atoms with Gasteiger partial charge in [0.2, 0.25) is 0 Å². The van der Waals surface area contributed by atoms with Gasteiger partial charge in [0.05, 0.1) is 15.7 Å². The van der Waals surface area contributed by atoms with Crippen LogP contribution in [0, 0.1) is 0 Å². The number of hydrogen-bond acceptors (Lipinski definition) is 2. The van der Waals surface area contributed by atoms with Crippen molar-refractivity contribution in [2.75, 3.05) is 0 Å². The van der Waals surface area contributed by atoms with Gasteiger partial charge >= 0.3 is 0 Å². The predicted octanol–water partition coefficient (Wildman–Crippen LogP) is 5.26. The Morgan fingerprint density at radius 1 is 0.944 bits per heavy atom. The summed E-state index contributed by atoms with van der Waals surface area (Å²) in [4.78, 5) is 4.76. The van der Waals surface area contributed by atoms with Crippen molar-refractivity contribution < 1.29 is 0 Å². The topological polar surface area (TPSA) is 12.9 Å². The molecule has 0 saturated carbocycles. The molecule has 0 aliphatic carbocycles. The molecule has 0 aliphatic rings. The number of nitrogens with zero attached hydrogens (tertiary/aromatic N) is 1. The molecule has 1 nitrogen and oxygen atoms in total. The maximum atomic E-state index is 6.07. The maximum absolute atomic E-state index is 6.07. The fraction of sp³-hybridized carbons (Fsp3) is 0. The van der Waals surface area contributed by atoms with E-state index < -0.39 is 0 Å². The fourth-order valence-corrected chi connectivity index (χ4v) is 3.51. The molecule has 2 aromatic carbocycles. The minimum atomic E-state index is 0.761. The number of para-hydroxylation sites is 1. The second-order valence-electron chi connectivity index (χ2n) is 4.27. The summed E-state index contributed by atoms with van der Waals surface area (Å²) in [5.74, 6) is 0. The molecule has 86 valence electrons. The van der Waals surface area contributed by atoms with Gasteiger partial charge in [0.15, 0.2) is 0 Å². The van der Waals surface area contributed by atoms with E-state index in [0.717, 1.165) is 21.4 Å². The van der Waals surface area contributed by atoms with Crippen LogP contribution in [-0.2, 0) is 0 Å². The lowest BCUT2D eigenvalue weighted by Gasteiger charge is -1.97. The van der Waals surface area contributed by atoms with E-state index in [4.69, 9.17) is 16.6 Å². The molecule has 0 fully saturated rings. The second kappa shape index (κ2) is 3.67. The molecule has 0 N–H and O–H groups in total. The van der Waals surface area contributed by atoms with Crippen LogP contribution in [0.3, 0.4) is 0 Å². The molecule has 0 unspecified atom stereocenters. The lowest BCUT2D eigenvalue weighted by molar-refractivity contribution is 1.53. The maximum Gasteiger partial charge on any atom is 0.0896 e. The van der Waals surface area contributed by atoms with Gasteiger partial charge in [0, 0.05) is 20.5 Å². The zero-order valence-corrected chi connectivity index (χ0v) is 10.9. The van der Waals surface area contributed by atoms with Crippen molar-refractivity contribution in [3.8, 4) is 0 Å². The van der Waals surface area contributed by atoms with Gasteiger partial charge in [-0.2, -0.15) is 0 Å². The van der Waals surface area contributed by atoms with Gasteiger partial charge in [-0.3, -0.25) is 0 Å². The first-order valence-corrected chi connectivity index (χ1v) is 6.88. The van der Waals surface area contributed by atoms with E-state index >= 15 is 0 Å². The van der Waals surface area contributed by atoms with E-state index in [-0.39, 0.29) is 0 Å². The largest absolute Gasteiger partial charge is 0.246 e. The number of rotatable bonds is 0. The Morgan fingerprint density at radius 3 is 2.78 bits per heavy atom. The van der Waals surface area contributed by atoms with Crippen molar-refractivity contribution >= 4 is 54.1 Å². The SMILES string of the molecule is Clc1ccc2sc3cc4ccccc4nc3c2c1. The Labute approximate surface area is 113 Å². The normalized spacial score (nSPS) is 11.6. The predicted molar refractivity (Wildman–Crippen MR) is 79.6 cm³/mol. The number of aromatic nitrogens is 1. The average Bonchev–Trinajstić information content (AvgIpc) is 2.73. The van der Waals surface area contributed by atoms with Crippen LogP contribution in [0.4, 0.5) is 0 Å². The Hall–Kier alpha value is -1.64. The van der Waals surface area contributed by atoms with Crippen molar-refractivity contribution in [1.82, 2.24) is 4.98 Å². The first-order chi connectivity index (χ1) is 8.81. The van der Waals surface area contributed by atoms with Crippen LogP contribution in [0.5, 0.6) is 0 Å². The molecule has 4 aromatic rings. The molecular weight excluding hydrogens is 262 g/mol. The molecular formula is C15H8ClNS. The summed E-state index contributed by atoms with van der Waals surface area (Å²) in [7, 11) is 0. The van der Waals surface area contributed by atoms with Gasteiger partial charge in [-0.1, -0.05) is 29.8 Å². The van der Waals surface area contributed by atoms with Gasteiger partial charge in [-0.25, -0.2) is 4.98 Å². The van der Waals surface area contributed by atoms with Crippen LogP contribution in [0.15, 0.2) is 48.5 Å². The molecule has 0 radical (unpaired) electrons. The lowest BCUT2D eigenvalue weighted by atomic mass is 10.2. The number of benzene rings is 2. The Balaban J connectivity index is 2.25. The molecule has 2 heterocycles. The standard InChI is InChI=1S/C15H8ClNS/c16-10-5-6-13-11(8-10)15-14(18-13)7-9-3-1-2-4-12(9)17-15/h1-8H. The summed E-state index contributed by atoms with van der Waals surface area (Å²) in [5.41, 5.74) is 2.08. The Kier molecular flexibility index (Phi) is 2.10. The number of halogens is 1. The molecule has 0 spiro atoms. The molecule has 0 bridgehead atoms. The van der Waals surface area contributed by atoms with Crippen molar-refractivity contribution in [3.05, 3.63) is 53.6 Å². The van der Waals surface area contributed by atoms with E-state index in [2.05, 4.69) is 18.2 Å². The van der Waals surface area contributed by atoms with Gasteiger partial charge < -0.3 is 0 Å². The van der Waals surface area contributed by atoms with Gasteiger partial charge in [-0.05, 0) is 30.3 Å². The first-order valence-electron chi connectivity index (χ1n) is 5.69. The third-order valence-electron chi connectivity index (χ3n) is 3.11. The van der Waals surface area contributed by atoms with Crippen LogP contribution < -0.4 is 0 Å². The van der Waals surface area contributed by atoms with Crippen LogP contribution >= 0.6 is 22.9 Å². The summed E-state index contributed by atoms with van der Waals surface area (Å²) >= 11 is 7.84. The van der Waals surface area contributed by atoms with Crippen LogP contribution in [0.1, 0.15) is 0 Å². The molecule has 0 aliphatic heterocycles. The van der Waals surface area contributed by atoms with Crippen molar-refractivity contribution in [3.63, 3.8) is 0 Å². The average molecular weight is 270 g/mol. The third-order valence-corrected chi connectivity index (χ3v) is 4.45. The molecule has 18 heavy (non-hydrogen) atoms. The highest BCUT2D eigenvalue weighted by atomic mass is 35.5. The molecule has 2 aromatic heterocycles. The van der Waals surface area contributed by atoms with Crippen LogP contribution in [-0.4, -0.2) is 4.98 Å². The molecule has 4 rings (SSSR count). The molecule has 0 saturated heterocycles. The lowest BCUT2D eigenvalue weighted by Crippen LogP contribution is -1.78. The molecule has 3 heteroatoms. The number of fused-ring (bicyclic) bond motifs is 4. The molecule has 0 amide bonds. The van der Waals surface area contributed by atoms with E-state index in [9.17, 15) is 0 Å². The van der Waals surface area contributed by atoms with Crippen molar-refractivity contribution in [2.24, 2.45) is 0 Å². The van der Waals surface area contributed by atoms with Crippen LogP contribution in [0.2, 0.25) is 5.02 Å². The van der Waals surface area contributed by atoms with Gasteiger partial charge in [0.25, 0.3) is 0 Å². The fourth-order valence-electron chi connectivity index (χ4n) is 2.26. The summed E-state index contributed by atoms with van der Waals surface area (Å²) in [6, 6.07) is 16.4. The van der Waals surface area contributed by atoms with Gasteiger partial charge in [0.1, 0.15) is 0 Å². The van der Waals surface area contributed by atoms with E-state index in [1.54, 1.807) is 11.3 Å². The summed E-state index contributed by atoms with van der Waals surface area (Å²) < 4.78 is 2.45. The van der Waals surface area contributed by atoms with E-state index in [1.807, 2.05) is 30.3 Å². The Bertz CT molecular complexity index is 895. The monoisotopic (exact) mass is 269 g/mol. The zero-order chi connectivity index (χ0) is 12.1. The zero-order valence-electron chi connectivity index (χ0n) is 9.35. The minimum absolute atomic E-state index is 0.761. The van der Waals surface area contributed by atoms with Crippen LogP contribution in [0.25, 0.3) is 31.2 Å². The summed E-state index contributed by atoms with van der Waals surface area (Å²) in [5, 5.41) is 3.09. The van der Waals surface area contributed by atoms with E-state index in [1.165, 1.54) is 14.8 Å². The highest BCUT2D eigenvalue weighted by molar-refractivity contribution is 7.25. The highest BCUT2D eigenvalue weighted by Crippen LogP contribution is 2.35. The first kappa shape index (κ1) is 10.3. The number of pyridine rings is 1. The second-order valence-corrected chi connectivity index (χ2v) is 5.79. The minimum Gasteiger partial charge on any atom is -0.246 e. The Morgan fingerprint density at radius 2 is 1.83 bits per heavy atom. The van der Waals surface area contributed by atoms with E-state index in [0.29, 0.717) is 0 Å². The van der Waals surface area contributed by atoms with Crippen molar-refractivity contribution in [1.29, 1.82) is 0 Å². The van der Waals surface area contributed by atoms with Gasteiger partial charge in [-0.15, -0.1) is 11.3 Å². The highest BCUT2D eigenvalue weighted by Gasteiger charge is 2.08. The quantitative estimate of drug-likeness (QED) is 0.424. The summed E-state index contributed by atoms with van der Waals surface area (Å²) in [6.07, 6.45) is 0. The van der Waals surface area contributed by atoms with Crippen molar-refractivity contribution in [2.45, 2.75) is 0 Å². The summed E-state index contributed by atoms with van der Waals surface area (Å²) in [6.45, 7) is 0. The smallest absolute Gasteiger partial charge is 0.0896 e. The molecule has 0 atom stereocenters. The number of hydrogen-bond donors (Lipinski definition) is 0. The number of thiophene rings is 1.